The zero-order chi connectivity index (χ0) is 21.1. The minimum absolute atomic E-state index is 0.0114. The average Bonchev–Trinajstić information content (AvgIpc) is 3.40. The van der Waals surface area contributed by atoms with E-state index < -0.39 is 9.84 Å². The lowest BCUT2D eigenvalue weighted by Crippen LogP contribution is -2.36. The Morgan fingerprint density at radius 3 is 2.73 bits per heavy atom. The van der Waals surface area contributed by atoms with Crippen molar-refractivity contribution in [3.05, 3.63) is 54.0 Å². The molecule has 1 fully saturated rings. The maximum Gasteiger partial charge on any atom is 0.230 e. The highest BCUT2D eigenvalue weighted by molar-refractivity contribution is 7.99. The van der Waals surface area contributed by atoms with E-state index in [0.717, 1.165) is 16.9 Å². The minimum atomic E-state index is -3.03. The summed E-state index contributed by atoms with van der Waals surface area (Å²) in [6, 6.07) is 11.5. The summed E-state index contributed by atoms with van der Waals surface area (Å²) < 4.78 is 30.5. The highest BCUT2D eigenvalue weighted by Crippen LogP contribution is 2.28. The zero-order valence-electron chi connectivity index (χ0n) is 16.4. The van der Waals surface area contributed by atoms with Crippen LogP contribution >= 0.6 is 11.8 Å². The summed E-state index contributed by atoms with van der Waals surface area (Å²) >= 11 is 1.28. The summed E-state index contributed by atoms with van der Waals surface area (Å²) in [5, 5.41) is 12.1. The number of nitrogens with one attached hydrogen (secondary N) is 1. The van der Waals surface area contributed by atoms with Gasteiger partial charge in [-0.2, -0.15) is 0 Å². The number of sulfone groups is 1. The molecule has 1 atom stereocenters. The third-order valence-corrected chi connectivity index (χ3v) is 7.66. The van der Waals surface area contributed by atoms with E-state index in [4.69, 9.17) is 4.42 Å². The first-order valence-corrected chi connectivity index (χ1v) is 12.4. The van der Waals surface area contributed by atoms with E-state index in [1.807, 2.05) is 47.9 Å². The van der Waals surface area contributed by atoms with Gasteiger partial charge in [0.05, 0.1) is 35.6 Å². The second-order valence-electron chi connectivity index (χ2n) is 7.22. The highest BCUT2D eigenvalue weighted by atomic mass is 32.2. The number of amides is 1. The molecule has 158 valence electrons. The van der Waals surface area contributed by atoms with Crippen LogP contribution in [0.4, 0.5) is 0 Å². The van der Waals surface area contributed by atoms with Crippen LogP contribution in [-0.4, -0.2) is 52.4 Å². The number of furan rings is 1. The van der Waals surface area contributed by atoms with Gasteiger partial charge in [-0.25, -0.2) is 8.42 Å². The molecule has 0 aliphatic carbocycles. The van der Waals surface area contributed by atoms with Crippen LogP contribution in [0.3, 0.4) is 0 Å². The van der Waals surface area contributed by atoms with Crippen molar-refractivity contribution in [2.75, 3.05) is 17.3 Å². The molecule has 1 aromatic carbocycles. The smallest absolute Gasteiger partial charge is 0.230 e. The second-order valence-corrected chi connectivity index (χ2v) is 10.4. The zero-order valence-corrected chi connectivity index (χ0v) is 18.1. The Hall–Kier alpha value is -2.59. The van der Waals surface area contributed by atoms with E-state index >= 15 is 0 Å². The number of carbonyl (C=O) groups is 1. The van der Waals surface area contributed by atoms with Crippen LogP contribution in [0.15, 0.2) is 52.2 Å². The number of hydrogen-bond donors (Lipinski definition) is 1. The van der Waals surface area contributed by atoms with Crippen molar-refractivity contribution in [3.63, 3.8) is 0 Å². The number of aryl methyl sites for hydroxylation is 1. The van der Waals surface area contributed by atoms with E-state index in [-0.39, 0.29) is 29.2 Å². The molecule has 1 unspecified atom stereocenters. The molecule has 1 saturated heterocycles. The molecular weight excluding hydrogens is 424 g/mol. The number of aromatic nitrogens is 3. The SMILES string of the molecule is Cc1occc1-c1nnc(SCC(=O)NC2CCS(=O)(=O)C2)n1Cc1ccccc1. The number of rotatable bonds is 7. The maximum atomic E-state index is 12.3. The van der Waals surface area contributed by atoms with Gasteiger partial charge in [-0.15, -0.1) is 10.2 Å². The molecule has 3 heterocycles. The van der Waals surface area contributed by atoms with Crippen molar-refractivity contribution in [1.82, 2.24) is 20.1 Å². The molecule has 10 heteroatoms. The predicted octanol–water partition coefficient (Wildman–Crippen LogP) is 2.29. The summed E-state index contributed by atoms with van der Waals surface area (Å²) in [5.74, 6) is 1.48. The maximum absolute atomic E-state index is 12.3. The fourth-order valence-corrected chi connectivity index (χ4v) is 5.85. The molecule has 30 heavy (non-hydrogen) atoms. The predicted molar refractivity (Wildman–Crippen MR) is 114 cm³/mol. The largest absolute Gasteiger partial charge is 0.469 e. The van der Waals surface area contributed by atoms with Gasteiger partial charge >= 0.3 is 0 Å². The molecule has 4 rings (SSSR count). The Labute approximate surface area is 179 Å². The van der Waals surface area contributed by atoms with Crippen molar-refractivity contribution in [1.29, 1.82) is 0 Å². The van der Waals surface area contributed by atoms with Crippen LogP contribution in [0.2, 0.25) is 0 Å². The van der Waals surface area contributed by atoms with Crippen molar-refractivity contribution < 1.29 is 17.6 Å². The molecule has 0 saturated carbocycles. The lowest BCUT2D eigenvalue weighted by molar-refractivity contribution is -0.119. The van der Waals surface area contributed by atoms with Crippen LogP contribution < -0.4 is 5.32 Å². The van der Waals surface area contributed by atoms with Crippen LogP contribution in [0.1, 0.15) is 17.7 Å². The third kappa shape index (κ3) is 4.76. The molecule has 0 radical (unpaired) electrons. The van der Waals surface area contributed by atoms with Crippen molar-refractivity contribution in [2.45, 2.75) is 31.1 Å². The third-order valence-electron chi connectivity index (χ3n) is 4.93. The lowest BCUT2D eigenvalue weighted by atomic mass is 10.2. The second kappa shape index (κ2) is 8.65. The van der Waals surface area contributed by atoms with Crippen LogP contribution in [0.5, 0.6) is 0 Å². The highest BCUT2D eigenvalue weighted by Gasteiger charge is 2.29. The number of nitrogens with zero attached hydrogens (tertiary/aromatic N) is 3. The fourth-order valence-electron chi connectivity index (χ4n) is 3.43. The fraction of sp³-hybridized carbons (Fsp3) is 0.350. The van der Waals surface area contributed by atoms with Gasteiger partial charge in [0.15, 0.2) is 20.8 Å². The van der Waals surface area contributed by atoms with E-state index in [1.165, 1.54) is 11.8 Å². The molecule has 0 bridgehead atoms. The van der Waals surface area contributed by atoms with Crippen molar-refractivity contribution in [2.24, 2.45) is 0 Å². The number of thioether (sulfide) groups is 1. The standard InChI is InChI=1S/C20H22N4O4S2/c1-14-17(7-9-28-14)19-22-23-20(24(19)11-15-5-3-2-4-6-15)29-12-18(25)21-16-8-10-30(26,27)13-16/h2-7,9,16H,8,10-13H2,1H3,(H,21,25). The van der Waals surface area contributed by atoms with Gasteiger partial charge in [-0.3, -0.25) is 9.36 Å². The van der Waals surface area contributed by atoms with Gasteiger partial charge in [0.2, 0.25) is 5.91 Å². The van der Waals surface area contributed by atoms with Gasteiger partial charge in [-0.1, -0.05) is 42.1 Å². The molecule has 1 aliphatic heterocycles. The van der Waals surface area contributed by atoms with Crippen LogP contribution in [0, 0.1) is 6.92 Å². The molecule has 1 amide bonds. The molecule has 3 aromatic rings. The Kier molecular flexibility index (Phi) is 5.96. The Bertz CT molecular complexity index is 1140. The molecule has 2 aromatic heterocycles. The number of hydrogen-bond acceptors (Lipinski definition) is 7. The summed E-state index contributed by atoms with van der Waals surface area (Å²) in [4.78, 5) is 12.3. The van der Waals surface area contributed by atoms with Crippen LogP contribution in [-0.2, 0) is 21.2 Å². The summed E-state index contributed by atoms with van der Waals surface area (Å²) in [7, 11) is -3.03. The lowest BCUT2D eigenvalue weighted by Gasteiger charge is -2.12. The first kappa shape index (κ1) is 20.7. The van der Waals surface area contributed by atoms with Gasteiger partial charge in [0.25, 0.3) is 0 Å². The Balaban J connectivity index is 1.50. The van der Waals surface area contributed by atoms with Gasteiger partial charge in [-0.05, 0) is 25.0 Å². The van der Waals surface area contributed by atoms with E-state index in [0.29, 0.717) is 23.9 Å². The van der Waals surface area contributed by atoms with Gasteiger partial charge in [0.1, 0.15) is 5.76 Å². The minimum Gasteiger partial charge on any atom is -0.469 e. The van der Waals surface area contributed by atoms with E-state index in [9.17, 15) is 13.2 Å². The monoisotopic (exact) mass is 446 g/mol. The topological polar surface area (TPSA) is 107 Å². The van der Waals surface area contributed by atoms with Crippen LogP contribution in [0.25, 0.3) is 11.4 Å². The Morgan fingerprint density at radius 2 is 2.07 bits per heavy atom. The van der Waals surface area contributed by atoms with Crippen molar-refractivity contribution >= 4 is 27.5 Å². The summed E-state index contributed by atoms with van der Waals surface area (Å²) in [6.07, 6.45) is 2.08. The van der Waals surface area contributed by atoms with E-state index in [2.05, 4.69) is 15.5 Å². The van der Waals surface area contributed by atoms with Crippen molar-refractivity contribution in [3.8, 4) is 11.4 Å². The van der Waals surface area contributed by atoms with Gasteiger partial charge in [0, 0.05) is 6.04 Å². The van der Waals surface area contributed by atoms with E-state index in [1.54, 1.807) is 6.26 Å². The first-order chi connectivity index (χ1) is 14.4. The first-order valence-electron chi connectivity index (χ1n) is 9.55. The van der Waals surface area contributed by atoms with Gasteiger partial charge < -0.3 is 9.73 Å². The normalized spacial score (nSPS) is 17.8. The molecule has 1 N–H and O–H groups in total. The molecule has 8 nitrogen and oxygen atoms in total. The Morgan fingerprint density at radius 1 is 1.27 bits per heavy atom. The summed E-state index contributed by atoms with van der Waals surface area (Å²) in [6.45, 7) is 2.42. The molecule has 1 aliphatic rings. The molecular formula is C20H22N4O4S2. The quantitative estimate of drug-likeness (QED) is 0.555. The average molecular weight is 447 g/mol. The number of carbonyl (C=O) groups excluding carboxylic acids is 1. The number of benzene rings is 1. The molecule has 0 spiro atoms. The summed E-state index contributed by atoms with van der Waals surface area (Å²) in [5.41, 5.74) is 1.94.